The lowest BCUT2D eigenvalue weighted by atomic mass is 9.77. The molecule has 1 N–H and O–H groups in total. The monoisotopic (exact) mass is 417 g/mol. The van der Waals surface area contributed by atoms with Crippen molar-refractivity contribution < 1.29 is 24.2 Å². The number of rotatable bonds is 5. The van der Waals surface area contributed by atoms with Crippen molar-refractivity contribution in [1.29, 1.82) is 0 Å². The quantitative estimate of drug-likeness (QED) is 0.509. The molecule has 0 bridgehead atoms. The first kappa shape index (κ1) is 21.1. The molecule has 5 atom stereocenters. The minimum atomic E-state index is -1.15. The number of carbonyl (C=O) groups is 3. The summed E-state index contributed by atoms with van der Waals surface area (Å²) in [5, 5.41) is 9.19. The number of unbranched alkanes of at least 4 members (excludes halogenated alkanes) is 1. The Bertz CT molecular complexity index is 794. The summed E-state index contributed by atoms with van der Waals surface area (Å²) in [5.74, 6) is -1.84. The first-order chi connectivity index (χ1) is 14.3. The minimum Gasteiger partial charge on any atom is -0.396 e. The van der Waals surface area contributed by atoms with Crippen LogP contribution in [0.4, 0.5) is 0 Å². The maximum absolute atomic E-state index is 13.7. The molecule has 30 heavy (non-hydrogen) atoms. The molecule has 1 spiro atoms. The average molecular weight is 418 g/mol. The standard InChI is InChI=1S/C22H31N3O5/c1-14(2)24-12-7-9-22-17(16-15(30-22)8-6-10-23(3)19(16)27)20(28)25(11-4-5-13-26)18(22)21(24)29/h6-9,14-18,26H,4-5,10-13H2,1-3H3/t15-,16+,17-,18?,22-/m0/s1. The summed E-state index contributed by atoms with van der Waals surface area (Å²) in [7, 11) is 1.73. The van der Waals surface area contributed by atoms with Gasteiger partial charge >= 0.3 is 0 Å². The Morgan fingerprint density at radius 2 is 1.90 bits per heavy atom. The molecule has 0 aromatic rings. The van der Waals surface area contributed by atoms with Crippen LogP contribution in [-0.4, -0.2) is 94.6 Å². The molecule has 4 aliphatic rings. The molecule has 8 nitrogen and oxygen atoms in total. The molecule has 0 saturated carbocycles. The van der Waals surface area contributed by atoms with E-state index >= 15 is 0 Å². The molecule has 0 aliphatic carbocycles. The highest BCUT2D eigenvalue weighted by Gasteiger charge is 2.71. The van der Waals surface area contributed by atoms with Crippen molar-refractivity contribution >= 4 is 17.7 Å². The Hall–Kier alpha value is -2.19. The van der Waals surface area contributed by atoms with Gasteiger partial charge in [0.05, 0.1) is 17.9 Å². The first-order valence-corrected chi connectivity index (χ1v) is 10.8. The van der Waals surface area contributed by atoms with Gasteiger partial charge in [0, 0.05) is 39.3 Å². The van der Waals surface area contributed by atoms with Gasteiger partial charge in [-0.05, 0) is 26.7 Å². The molecule has 0 aromatic carbocycles. The van der Waals surface area contributed by atoms with Crippen LogP contribution < -0.4 is 0 Å². The lowest BCUT2D eigenvalue weighted by Crippen LogP contribution is -2.56. The van der Waals surface area contributed by atoms with Crippen molar-refractivity contribution in [3.63, 3.8) is 0 Å². The zero-order valence-electron chi connectivity index (χ0n) is 17.9. The number of likely N-dealkylation sites (N-methyl/N-ethyl adjacent to an activating group) is 1. The van der Waals surface area contributed by atoms with E-state index in [0.717, 1.165) is 0 Å². The summed E-state index contributed by atoms with van der Waals surface area (Å²) in [5.41, 5.74) is -1.15. The fraction of sp³-hybridized carbons (Fsp3) is 0.682. The molecule has 0 radical (unpaired) electrons. The third-order valence-electron chi connectivity index (χ3n) is 6.82. The lowest BCUT2D eigenvalue weighted by Gasteiger charge is -2.36. The van der Waals surface area contributed by atoms with E-state index in [1.807, 2.05) is 38.2 Å². The zero-order chi connectivity index (χ0) is 21.6. The summed E-state index contributed by atoms with van der Waals surface area (Å²) in [6, 6.07) is -0.821. The molecule has 8 heteroatoms. The molecular weight excluding hydrogens is 386 g/mol. The van der Waals surface area contributed by atoms with E-state index in [9.17, 15) is 19.5 Å². The molecule has 4 rings (SSSR count). The SMILES string of the molecule is CC(C)N1CC=C[C@]23O[C@H]4C=CCN(C)C(=O)[C@H]4[C@H]2C(=O)N(CCCCO)C3C1=O. The van der Waals surface area contributed by atoms with Crippen LogP contribution >= 0.6 is 0 Å². The molecular formula is C22H31N3O5. The van der Waals surface area contributed by atoms with E-state index in [1.54, 1.807) is 21.7 Å². The van der Waals surface area contributed by atoms with Gasteiger partial charge < -0.3 is 24.5 Å². The van der Waals surface area contributed by atoms with Crippen molar-refractivity contribution in [3.8, 4) is 0 Å². The predicted molar refractivity (Wildman–Crippen MR) is 109 cm³/mol. The Labute approximate surface area is 177 Å². The van der Waals surface area contributed by atoms with Crippen molar-refractivity contribution in [2.45, 2.75) is 50.5 Å². The third kappa shape index (κ3) is 3.00. The number of aliphatic hydroxyl groups excluding tert-OH is 1. The van der Waals surface area contributed by atoms with Gasteiger partial charge in [0.2, 0.25) is 17.7 Å². The van der Waals surface area contributed by atoms with Crippen LogP contribution in [0.5, 0.6) is 0 Å². The second-order valence-electron chi connectivity index (χ2n) is 8.94. The molecule has 3 amide bonds. The van der Waals surface area contributed by atoms with Gasteiger partial charge in [0.15, 0.2) is 0 Å². The van der Waals surface area contributed by atoms with E-state index in [4.69, 9.17) is 4.74 Å². The van der Waals surface area contributed by atoms with Gasteiger partial charge in [-0.2, -0.15) is 0 Å². The van der Waals surface area contributed by atoms with Gasteiger partial charge in [-0.1, -0.05) is 24.3 Å². The Kier molecular flexibility index (Phi) is 5.48. The molecule has 164 valence electrons. The predicted octanol–water partition coefficient (Wildman–Crippen LogP) is 0.175. The van der Waals surface area contributed by atoms with Crippen LogP contribution in [0.25, 0.3) is 0 Å². The zero-order valence-corrected chi connectivity index (χ0v) is 17.9. The second-order valence-corrected chi connectivity index (χ2v) is 8.94. The second kappa shape index (κ2) is 7.81. The van der Waals surface area contributed by atoms with Crippen molar-refractivity contribution in [2.24, 2.45) is 11.8 Å². The fourth-order valence-corrected chi connectivity index (χ4v) is 5.38. The van der Waals surface area contributed by atoms with Crippen LogP contribution in [0, 0.1) is 11.8 Å². The average Bonchev–Trinajstić information content (AvgIpc) is 3.01. The number of likely N-dealkylation sites (tertiary alicyclic amines) is 1. The lowest BCUT2D eigenvalue weighted by molar-refractivity contribution is -0.149. The number of hydrogen-bond acceptors (Lipinski definition) is 5. The molecule has 2 fully saturated rings. The van der Waals surface area contributed by atoms with E-state index in [1.165, 1.54) is 0 Å². The van der Waals surface area contributed by atoms with Gasteiger partial charge in [-0.25, -0.2) is 0 Å². The van der Waals surface area contributed by atoms with Gasteiger partial charge in [0.25, 0.3) is 0 Å². The maximum atomic E-state index is 13.7. The Balaban J connectivity index is 1.80. The van der Waals surface area contributed by atoms with Crippen LogP contribution in [0.15, 0.2) is 24.3 Å². The van der Waals surface area contributed by atoms with E-state index in [-0.39, 0.29) is 30.4 Å². The first-order valence-electron chi connectivity index (χ1n) is 10.8. The number of aliphatic hydroxyl groups is 1. The molecule has 4 aliphatic heterocycles. The third-order valence-corrected chi connectivity index (χ3v) is 6.82. The maximum Gasteiger partial charge on any atom is 0.249 e. The fourth-order valence-electron chi connectivity index (χ4n) is 5.38. The minimum absolute atomic E-state index is 0.0229. The summed E-state index contributed by atoms with van der Waals surface area (Å²) in [6.07, 6.45) is 8.12. The highest BCUT2D eigenvalue weighted by atomic mass is 16.5. The van der Waals surface area contributed by atoms with Crippen LogP contribution in [0.1, 0.15) is 26.7 Å². The summed E-state index contributed by atoms with van der Waals surface area (Å²) >= 11 is 0. The van der Waals surface area contributed by atoms with Gasteiger partial charge in [0.1, 0.15) is 11.6 Å². The molecule has 2 saturated heterocycles. The van der Waals surface area contributed by atoms with Crippen molar-refractivity contribution in [3.05, 3.63) is 24.3 Å². The van der Waals surface area contributed by atoms with E-state index < -0.39 is 29.6 Å². The molecule has 0 aromatic heterocycles. The summed E-state index contributed by atoms with van der Waals surface area (Å²) < 4.78 is 6.48. The largest absolute Gasteiger partial charge is 0.396 e. The smallest absolute Gasteiger partial charge is 0.249 e. The highest BCUT2D eigenvalue weighted by molar-refractivity contribution is 5.99. The highest BCUT2D eigenvalue weighted by Crippen LogP contribution is 2.53. The number of carbonyl (C=O) groups excluding carboxylic acids is 3. The Morgan fingerprint density at radius 3 is 2.60 bits per heavy atom. The Morgan fingerprint density at radius 1 is 1.13 bits per heavy atom. The van der Waals surface area contributed by atoms with Gasteiger partial charge in [-0.3, -0.25) is 14.4 Å². The van der Waals surface area contributed by atoms with Crippen LogP contribution in [0.3, 0.4) is 0 Å². The number of ether oxygens (including phenoxy) is 1. The van der Waals surface area contributed by atoms with Crippen molar-refractivity contribution in [2.75, 3.05) is 33.3 Å². The molecule has 1 unspecified atom stereocenters. The van der Waals surface area contributed by atoms with Crippen LogP contribution in [0.2, 0.25) is 0 Å². The van der Waals surface area contributed by atoms with E-state index in [2.05, 4.69) is 0 Å². The number of nitrogens with zero attached hydrogens (tertiary/aromatic N) is 3. The number of fused-ring (bicyclic) bond motifs is 2. The number of hydrogen-bond donors (Lipinski definition) is 1. The van der Waals surface area contributed by atoms with E-state index in [0.29, 0.717) is 32.5 Å². The van der Waals surface area contributed by atoms with Gasteiger partial charge in [-0.15, -0.1) is 0 Å². The topological polar surface area (TPSA) is 90.4 Å². The molecule has 4 heterocycles. The normalized spacial score (nSPS) is 35.6. The van der Waals surface area contributed by atoms with Crippen molar-refractivity contribution in [1.82, 2.24) is 14.7 Å². The summed E-state index contributed by atoms with van der Waals surface area (Å²) in [4.78, 5) is 45.5. The summed E-state index contributed by atoms with van der Waals surface area (Å²) in [6.45, 7) is 5.21. The number of amides is 3. The van der Waals surface area contributed by atoms with Crippen LogP contribution in [-0.2, 0) is 19.1 Å².